The Morgan fingerprint density at radius 2 is 2.00 bits per heavy atom. The zero-order chi connectivity index (χ0) is 20.3. The molecule has 0 aromatic carbocycles. The van der Waals surface area contributed by atoms with Crippen molar-refractivity contribution in [2.45, 2.75) is 38.4 Å². The number of hydrogen-bond acceptors (Lipinski definition) is 4. The number of aromatic nitrogens is 5. The molecule has 1 aliphatic rings. The number of fused-ring (bicyclic) bond motifs is 2. The van der Waals surface area contributed by atoms with E-state index in [1.807, 2.05) is 6.20 Å². The van der Waals surface area contributed by atoms with Crippen molar-refractivity contribution in [3.05, 3.63) is 58.3 Å². The molecule has 4 heterocycles. The van der Waals surface area contributed by atoms with Gasteiger partial charge < -0.3 is 9.72 Å². The highest BCUT2D eigenvalue weighted by molar-refractivity contribution is 6.29. The van der Waals surface area contributed by atoms with E-state index >= 15 is 0 Å². The molecule has 5 rings (SSSR count). The molecule has 4 aromatic heterocycles. The van der Waals surface area contributed by atoms with Gasteiger partial charge in [-0.05, 0) is 37.8 Å². The Morgan fingerprint density at radius 1 is 1.21 bits per heavy atom. The molecule has 1 saturated carbocycles. The molecule has 0 unspecified atom stereocenters. The van der Waals surface area contributed by atoms with Crippen molar-refractivity contribution in [3.63, 3.8) is 0 Å². The molecule has 6 nitrogen and oxygen atoms in total. The van der Waals surface area contributed by atoms with E-state index in [4.69, 9.17) is 11.6 Å². The Bertz CT molecular complexity index is 1240. The first-order valence-electron chi connectivity index (χ1n) is 9.13. The Morgan fingerprint density at radius 3 is 2.72 bits per heavy atom. The average molecular weight is 421 g/mol. The molecular formula is C19H16ClF3N6. The summed E-state index contributed by atoms with van der Waals surface area (Å²) in [5, 5.41) is 7.98. The maximum absolute atomic E-state index is 13.0. The fourth-order valence-corrected chi connectivity index (χ4v) is 3.68. The Kier molecular flexibility index (Phi) is 3.99. The largest absolute Gasteiger partial charge is 0.416 e. The molecule has 0 aliphatic heterocycles. The van der Waals surface area contributed by atoms with Gasteiger partial charge >= 0.3 is 6.18 Å². The zero-order valence-corrected chi connectivity index (χ0v) is 16.1. The van der Waals surface area contributed by atoms with Gasteiger partial charge in [0, 0.05) is 23.5 Å². The number of hydrogen-bond donors (Lipinski definition) is 1. The van der Waals surface area contributed by atoms with Crippen molar-refractivity contribution in [2.75, 3.05) is 5.32 Å². The van der Waals surface area contributed by atoms with Crippen LogP contribution in [-0.4, -0.2) is 24.0 Å². The van der Waals surface area contributed by atoms with Gasteiger partial charge in [0.1, 0.15) is 16.6 Å². The number of halogens is 4. The first kappa shape index (κ1) is 18.2. The summed E-state index contributed by atoms with van der Waals surface area (Å²) in [5.74, 6) is 1.13. The maximum Gasteiger partial charge on any atom is 0.416 e. The SMILES string of the molecule is Cc1cc(C(F)(F)F)cc2nc(CNc3cc(Cl)nc4c(C5CC5)cnn34)cn12. The summed E-state index contributed by atoms with van der Waals surface area (Å²) in [7, 11) is 0. The Balaban J connectivity index is 1.45. The lowest BCUT2D eigenvalue weighted by Crippen LogP contribution is -2.06. The first-order chi connectivity index (χ1) is 13.8. The van der Waals surface area contributed by atoms with E-state index < -0.39 is 11.7 Å². The normalized spacial score (nSPS) is 14.8. The quantitative estimate of drug-likeness (QED) is 0.479. The van der Waals surface area contributed by atoms with Gasteiger partial charge in [0.05, 0.1) is 24.0 Å². The summed E-state index contributed by atoms with van der Waals surface area (Å²) < 4.78 is 42.5. The highest BCUT2D eigenvalue weighted by Crippen LogP contribution is 2.42. The third-order valence-corrected chi connectivity index (χ3v) is 5.27. The topological polar surface area (TPSA) is 59.5 Å². The molecule has 29 heavy (non-hydrogen) atoms. The van der Waals surface area contributed by atoms with Crippen LogP contribution in [0.15, 0.2) is 30.6 Å². The van der Waals surface area contributed by atoms with Crippen LogP contribution in [-0.2, 0) is 12.7 Å². The number of aryl methyl sites for hydroxylation is 1. The lowest BCUT2D eigenvalue weighted by atomic mass is 10.2. The molecule has 150 valence electrons. The zero-order valence-electron chi connectivity index (χ0n) is 15.3. The highest BCUT2D eigenvalue weighted by Gasteiger charge is 2.31. The summed E-state index contributed by atoms with van der Waals surface area (Å²) >= 11 is 6.19. The van der Waals surface area contributed by atoms with Gasteiger partial charge in [-0.15, -0.1) is 0 Å². The molecule has 1 aliphatic carbocycles. The van der Waals surface area contributed by atoms with Crippen molar-refractivity contribution in [2.24, 2.45) is 0 Å². The van der Waals surface area contributed by atoms with Crippen LogP contribution >= 0.6 is 11.6 Å². The summed E-state index contributed by atoms with van der Waals surface area (Å²) in [6.07, 6.45) is 1.37. The predicted octanol–water partition coefficient (Wildman–Crippen LogP) is 4.85. The van der Waals surface area contributed by atoms with E-state index in [2.05, 4.69) is 20.4 Å². The van der Waals surface area contributed by atoms with Crippen molar-refractivity contribution in [3.8, 4) is 0 Å². The monoisotopic (exact) mass is 420 g/mol. The second-order valence-corrected chi connectivity index (χ2v) is 7.66. The summed E-state index contributed by atoms with van der Waals surface area (Å²) in [6, 6.07) is 3.83. The van der Waals surface area contributed by atoms with Gasteiger partial charge in [-0.25, -0.2) is 9.97 Å². The molecule has 1 fully saturated rings. The third kappa shape index (κ3) is 3.29. The second-order valence-electron chi connectivity index (χ2n) is 7.27. The van der Waals surface area contributed by atoms with Crippen molar-refractivity contribution < 1.29 is 13.2 Å². The molecule has 0 amide bonds. The van der Waals surface area contributed by atoms with Crippen LogP contribution in [0.4, 0.5) is 19.0 Å². The number of imidazole rings is 1. The van der Waals surface area contributed by atoms with E-state index in [9.17, 15) is 13.2 Å². The minimum atomic E-state index is -4.41. The van der Waals surface area contributed by atoms with Crippen molar-refractivity contribution in [1.82, 2.24) is 24.0 Å². The summed E-state index contributed by atoms with van der Waals surface area (Å²) in [5.41, 5.74) is 2.41. The van der Waals surface area contributed by atoms with Crippen LogP contribution in [0, 0.1) is 6.92 Å². The predicted molar refractivity (Wildman–Crippen MR) is 102 cm³/mol. The minimum Gasteiger partial charge on any atom is -0.364 e. The van der Waals surface area contributed by atoms with E-state index in [0.29, 0.717) is 34.8 Å². The fraction of sp³-hybridized carbons (Fsp3) is 0.316. The lowest BCUT2D eigenvalue weighted by Gasteiger charge is -2.08. The first-order valence-corrected chi connectivity index (χ1v) is 9.51. The van der Waals surface area contributed by atoms with Crippen LogP contribution in [0.5, 0.6) is 0 Å². The van der Waals surface area contributed by atoms with Crippen molar-refractivity contribution >= 4 is 28.7 Å². The molecule has 10 heteroatoms. The van der Waals surface area contributed by atoms with E-state index in [1.165, 1.54) is 0 Å². The van der Waals surface area contributed by atoms with Crippen LogP contribution in [0.3, 0.4) is 0 Å². The van der Waals surface area contributed by atoms with Crippen LogP contribution < -0.4 is 5.32 Å². The molecule has 4 aromatic rings. The lowest BCUT2D eigenvalue weighted by molar-refractivity contribution is -0.137. The standard InChI is InChI=1S/C19H16ClF3N6/c1-10-4-12(19(21,22)23)5-17-26-13(9-28(10)17)7-24-16-6-15(20)27-18-14(11-2-3-11)8-25-29(16)18/h4-6,8-9,11,24H,2-3,7H2,1H3. The Labute approximate surface area is 168 Å². The third-order valence-electron chi connectivity index (χ3n) is 5.08. The number of rotatable bonds is 4. The molecule has 1 N–H and O–H groups in total. The number of pyridine rings is 1. The van der Waals surface area contributed by atoms with E-state index in [0.717, 1.165) is 36.2 Å². The number of alkyl halides is 3. The highest BCUT2D eigenvalue weighted by atomic mass is 35.5. The Hall–Kier alpha value is -2.81. The summed E-state index contributed by atoms with van der Waals surface area (Å²) in [4.78, 5) is 8.72. The molecule has 0 spiro atoms. The summed E-state index contributed by atoms with van der Waals surface area (Å²) in [6.45, 7) is 1.92. The van der Waals surface area contributed by atoms with E-state index in [1.54, 1.807) is 28.1 Å². The van der Waals surface area contributed by atoms with Crippen LogP contribution in [0.25, 0.3) is 11.3 Å². The number of anilines is 1. The molecule has 0 atom stereocenters. The number of nitrogens with one attached hydrogen (secondary N) is 1. The van der Waals surface area contributed by atoms with Gasteiger partial charge in [-0.1, -0.05) is 11.6 Å². The van der Waals surface area contributed by atoms with Gasteiger partial charge in [0.2, 0.25) is 0 Å². The molecule has 0 bridgehead atoms. The van der Waals surface area contributed by atoms with Crippen LogP contribution in [0.1, 0.15) is 41.3 Å². The van der Waals surface area contributed by atoms with Crippen molar-refractivity contribution in [1.29, 1.82) is 0 Å². The fourth-order valence-electron chi connectivity index (χ4n) is 3.49. The number of nitrogens with zero attached hydrogens (tertiary/aromatic N) is 5. The van der Waals surface area contributed by atoms with Gasteiger partial charge in [-0.3, -0.25) is 0 Å². The van der Waals surface area contributed by atoms with Gasteiger partial charge in [0.25, 0.3) is 0 Å². The van der Waals surface area contributed by atoms with Crippen LogP contribution in [0.2, 0.25) is 5.15 Å². The second kappa shape index (κ2) is 6.35. The maximum atomic E-state index is 13.0. The molecular weight excluding hydrogens is 405 g/mol. The minimum absolute atomic E-state index is 0.252. The van der Waals surface area contributed by atoms with Gasteiger partial charge in [0.15, 0.2) is 5.65 Å². The van der Waals surface area contributed by atoms with Gasteiger partial charge in [-0.2, -0.15) is 22.8 Å². The molecule has 0 saturated heterocycles. The molecule has 0 radical (unpaired) electrons. The van der Waals surface area contributed by atoms with E-state index in [-0.39, 0.29) is 5.65 Å². The smallest absolute Gasteiger partial charge is 0.364 e. The average Bonchev–Trinajstić information content (AvgIpc) is 3.25.